The molecule has 0 saturated heterocycles. The molecule has 2 unspecified atom stereocenters. The molecule has 2 atom stereocenters. The van der Waals surface area contributed by atoms with E-state index in [9.17, 15) is 84.5 Å². The third kappa shape index (κ3) is 1.72. The van der Waals surface area contributed by atoms with E-state index in [0.717, 1.165) is 0 Å². The van der Waals surface area contributed by atoms with Gasteiger partial charge in [-0.25, -0.2) is 13.6 Å². The minimum absolute atomic E-state index is 1.68. The Morgan fingerprint density at radius 1 is 0.618 bits per heavy atom. The van der Waals surface area contributed by atoms with Crippen molar-refractivity contribution in [2.24, 2.45) is 0 Å². The van der Waals surface area contributed by atoms with Gasteiger partial charge in [-0.3, -0.25) is 0 Å². The van der Waals surface area contributed by atoms with Crippen LogP contribution in [-0.2, 0) is 9.53 Å². The molecule has 196 valence electrons. The van der Waals surface area contributed by atoms with E-state index in [2.05, 4.69) is 4.74 Å². The van der Waals surface area contributed by atoms with Crippen molar-refractivity contribution >= 4 is 5.97 Å². The van der Waals surface area contributed by atoms with Gasteiger partial charge in [-0.15, -0.1) is 0 Å². The van der Waals surface area contributed by atoms with E-state index in [1.807, 2.05) is 0 Å². The summed E-state index contributed by atoms with van der Waals surface area (Å²) in [5.74, 6) is -52.0. The summed E-state index contributed by atoms with van der Waals surface area (Å²) in [5.41, 5.74) is -34.5. The number of alkyl halides is 17. The highest BCUT2D eigenvalue weighted by molar-refractivity contribution is 5.90. The van der Waals surface area contributed by atoms with Crippen LogP contribution < -0.4 is 0 Å². The Labute approximate surface area is 173 Å². The number of carbonyl (C=O) groups is 1. The summed E-state index contributed by atoms with van der Waals surface area (Å²) in [6.07, 6.45) is -6.27. The Kier molecular flexibility index (Phi) is 4.32. The average molecular weight is 542 g/mol. The molecule has 0 radical (unpaired) electrons. The lowest BCUT2D eigenvalue weighted by atomic mass is 9.39. The van der Waals surface area contributed by atoms with E-state index in [-0.39, 0.29) is 0 Å². The molecule has 3 nitrogen and oxygen atoms in total. The largest absolute Gasteiger partial charge is 0.435 e. The van der Waals surface area contributed by atoms with Crippen LogP contribution in [0.15, 0.2) is 12.2 Å². The molecule has 0 amide bonds. The lowest BCUT2D eigenvalue weighted by Gasteiger charge is -2.74. The molecule has 4 rings (SSSR count). The van der Waals surface area contributed by atoms with Crippen molar-refractivity contribution in [2.75, 3.05) is 0 Å². The number of esters is 1. The number of ether oxygens (including phenoxy) is 1. The van der Waals surface area contributed by atoms with Crippen LogP contribution in [0.25, 0.3) is 0 Å². The Morgan fingerprint density at radius 2 is 0.941 bits per heavy atom. The van der Waals surface area contributed by atoms with Gasteiger partial charge in [-0.1, -0.05) is 6.58 Å². The Morgan fingerprint density at radius 3 is 1.24 bits per heavy atom. The number of carbonyl (C=O) groups excluding carboxylic acids is 1. The normalized spacial score (nSPS) is 43.9. The predicted molar refractivity (Wildman–Crippen MR) is 66.3 cm³/mol. The summed E-state index contributed by atoms with van der Waals surface area (Å²) < 4.78 is 243. The lowest BCUT2D eigenvalue weighted by molar-refractivity contribution is -0.623. The molecular formula is C14H3F17O3. The van der Waals surface area contributed by atoms with E-state index < -0.39 is 75.8 Å². The zero-order valence-corrected chi connectivity index (χ0v) is 14.9. The molecule has 4 saturated carbocycles. The number of hydrogen-bond acceptors (Lipinski definition) is 3. The van der Waals surface area contributed by atoms with E-state index in [4.69, 9.17) is 0 Å². The van der Waals surface area contributed by atoms with Crippen molar-refractivity contribution < 1.29 is 89.3 Å². The van der Waals surface area contributed by atoms with Crippen molar-refractivity contribution in [1.82, 2.24) is 0 Å². The molecule has 4 fully saturated rings. The van der Waals surface area contributed by atoms with E-state index >= 15 is 0 Å². The number of rotatable bonds is 2. The average Bonchev–Trinajstić information content (AvgIpc) is 2.63. The molecule has 4 aliphatic carbocycles. The molecule has 4 aliphatic rings. The molecule has 0 spiro atoms. The van der Waals surface area contributed by atoms with Gasteiger partial charge in [0.05, 0.1) is 0 Å². The standard InChI is InChI=1S/C14H3F17O3/c1-2(4(15,16)17)3(32)34-8-12(26,27)5(18)9(20,21)6(19,13(8,28)29)11(24,25)7(33,10(5,22)23)14(8,30)31/h33H,1H2. The van der Waals surface area contributed by atoms with Crippen LogP contribution in [0.2, 0.25) is 0 Å². The summed E-state index contributed by atoms with van der Waals surface area (Å²) in [6, 6.07) is 0. The zero-order chi connectivity index (χ0) is 27.4. The van der Waals surface area contributed by atoms with Gasteiger partial charge in [0.2, 0.25) is 0 Å². The minimum atomic E-state index is -8.07. The second-order valence-corrected chi connectivity index (χ2v) is 7.52. The van der Waals surface area contributed by atoms with Crippen LogP contribution in [0.5, 0.6) is 0 Å². The van der Waals surface area contributed by atoms with Gasteiger partial charge >= 0.3 is 64.6 Å². The van der Waals surface area contributed by atoms with E-state index in [0.29, 0.717) is 0 Å². The van der Waals surface area contributed by atoms with Gasteiger partial charge < -0.3 is 9.84 Å². The van der Waals surface area contributed by atoms with Gasteiger partial charge in [-0.2, -0.15) is 65.9 Å². The van der Waals surface area contributed by atoms with Gasteiger partial charge in [0.25, 0.3) is 5.60 Å². The Hall–Kier alpha value is -2.02. The van der Waals surface area contributed by atoms with Gasteiger partial charge in [0.15, 0.2) is 0 Å². The maximum absolute atomic E-state index is 14.8. The van der Waals surface area contributed by atoms with Crippen LogP contribution >= 0.6 is 0 Å². The highest BCUT2D eigenvalue weighted by atomic mass is 19.4. The maximum Gasteiger partial charge on any atom is 0.422 e. The maximum atomic E-state index is 14.8. The topological polar surface area (TPSA) is 46.5 Å². The van der Waals surface area contributed by atoms with Crippen molar-refractivity contribution in [2.45, 2.75) is 64.3 Å². The number of halogens is 17. The second kappa shape index (κ2) is 5.53. The lowest BCUT2D eigenvalue weighted by Crippen LogP contribution is -3.10. The van der Waals surface area contributed by atoms with Crippen molar-refractivity contribution in [3.63, 3.8) is 0 Å². The fourth-order valence-electron chi connectivity index (χ4n) is 4.35. The highest BCUT2D eigenvalue weighted by Crippen LogP contribution is 2.88. The smallest absolute Gasteiger partial charge is 0.422 e. The molecule has 1 N–H and O–H groups in total. The fraction of sp³-hybridized carbons (Fsp3) is 0.786. The monoisotopic (exact) mass is 542 g/mol. The molecule has 0 aromatic carbocycles. The molecule has 20 heteroatoms. The number of hydrogen-bond donors (Lipinski definition) is 1. The quantitative estimate of drug-likeness (QED) is 0.320. The SMILES string of the molecule is C=C(C(=O)OC12C(F)(F)C3(O)C(F)(F)C(F)(C(F)(F)C(F)(C3(F)F)C1(F)F)C2(F)F)C(F)(F)F. The molecule has 34 heavy (non-hydrogen) atoms. The first kappa shape index (κ1) is 26.6. The molecular weight excluding hydrogens is 539 g/mol. The molecule has 0 aliphatic heterocycles. The van der Waals surface area contributed by atoms with Gasteiger partial charge in [0, 0.05) is 0 Å². The van der Waals surface area contributed by atoms with Crippen LogP contribution in [-0.4, -0.2) is 75.3 Å². The summed E-state index contributed by atoms with van der Waals surface area (Å²) >= 11 is 0. The van der Waals surface area contributed by atoms with Crippen molar-refractivity contribution in [1.29, 1.82) is 0 Å². The first-order chi connectivity index (χ1) is 14.5. The van der Waals surface area contributed by atoms with Crippen LogP contribution in [0.3, 0.4) is 0 Å². The van der Waals surface area contributed by atoms with Crippen molar-refractivity contribution in [3.8, 4) is 0 Å². The summed E-state index contributed by atoms with van der Waals surface area (Å²) in [7, 11) is 0. The summed E-state index contributed by atoms with van der Waals surface area (Å²) in [6.45, 7) is 1.68. The van der Waals surface area contributed by atoms with Crippen LogP contribution in [0, 0.1) is 0 Å². The second-order valence-electron chi connectivity index (χ2n) is 7.52. The Bertz CT molecular complexity index is 881. The minimum Gasteiger partial charge on any atom is -0.435 e. The Balaban J connectivity index is 2.59. The predicted octanol–water partition coefficient (Wildman–Crippen LogP) is 4.39. The third-order valence-corrected chi connectivity index (χ3v) is 6.12. The summed E-state index contributed by atoms with van der Waals surface area (Å²) in [5, 5.41) is 9.32. The summed E-state index contributed by atoms with van der Waals surface area (Å²) in [4.78, 5) is 11.4. The molecule has 0 heterocycles. The zero-order valence-electron chi connectivity index (χ0n) is 14.9. The first-order valence-electron chi connectivity index (χ1n) is 7.90. The third-order valence-electron chi connectivity index (χ3n) is 6.12. The van der Waals surface area contributed by atoms with E-state index in [1.165, 1.54) is 0 Å². The first-order valence-corrected chi connectivity index (χ1v) is 7.90. The number of aliphatic hydroxyl groups is 1. The highest BCUT2D eigenvalue weighted by Gasteiger charge is 3.23. The van der Waals surface area contributed by atoms with E-state index in [1.54, 1.807) is 6.58 Å². The molecule has 4 bridgehead atoms. The van der Waals surface area contributed by atoms with Crippen LogP contribution in [0.4, 0.5) is 74.6 Å². The molecule has 0 aromatic heterocycles. The molecule has 0 aromatic rings. The van der Waals surface area contributed by atoms with Gasteiger partial charge in [0.1, 0.15) is 5.57 Å². The van der Waals surface area contributed by atoms with Gasteiger partial charge in [-0.05, 0) is 0 Å². The van der Waals surface area contributed by atoms with Crippen LogP contribution in [0.1, 0.15) is 0 Å². The fourth-order valence-corrected chi connectivity index (χ4v) is 4.35. The van der Waals surface area contributed by atoms with Crippen molar-refractivity contribution in [3.05, 3.63) is 12.2 Å².